The lowest BCUT2D eigenvalue weighted by Gasteiger charge is -2.28. The highest BCUT2D eigenvalue weighted by Crippen LogP contribution is 2.29. The van der Waals surface area contributed by atoms with Crippen molar-refractivity contribution in [3.05, 3.63) is 102 Å². The molecule has 3 aromatic rings. The molecule has 0 heterocycles. The molecule has 0 unspecified atom stereocenters. The van der Waals surface area contributed by atoms with E-state index in [9.17, 15) is 12.6 Å². The highest BCUT2D eigenvalue weighted by Gasteiger charge is 2.28. The molecule has 5 nitrogen and oxygen atoms in total. The molecule has 3 aromatic carbocycles. The van der Waals surface area contributed by atoms with Crippen molar-refractivity contribution in [1.82, 2.24) is 9.44 Å². The summed E-state index contributed by atoms with van der Waals surface area (Å²) in [6.07, 6.45) is 0.390. The summed E-state index contributed by atoms with van der Waals surface area (Å²) in [5.74, 6) is 0. The van der Waals surface area contributed by atoms with E-state index in [0.29, 0.717) is 6.42 Å². The van der Waals surface area contributed by atoms with E-state index >= 15 is 0 Å². The van der Waals surface area contributed by atoms with E-state index in [4.69, 9.17) is 0 Å². The van der Waals surface area contributed by atoms with Crippen molar-refractivity contribution in [3.63, 3.8) is 0 Å². The van der Waals surface area contributed by atoms with Gasteiger partial charge in [0.2, 0.25) is 10.0 Å². The van der Waals surface area contributed by atoms with E-state index in [1.165, 1.54) is 0 Å². The average molecular weight is 485 g/mol. The van der Waals surface area contributed by atoms with Gasteiger partial charge in [-0.05, 0) is 57.4 Å². The van der Waals surface area contributed by atoms with Crippen molar-refractivity contribution < 1.29 is 12.6 Å². The minimum atomic E-state index is -3.76. The molecule has 0 amide bonds. The highest BCUT2D eigenvalue weighted by molar-refractivity contribution is 7.89. The monoisotopic (exact) mass is 484 g/mol. The largest absolute Gasteiger partial charge is 0.242 e. The molecular weight excluding hydrogens is 452 g/mol. The Balaban J connectivity index is 1.96. The first-order chi connectivity index (χ1) is 15.6. The maximum absolute atomic E-state index is 13.2. The van der Waals surface area contributed by atoms with Crippen molar-refractivity contribution >= 4 is 21.0 Å². The van der Waals surface area contributed by atoms with Gasteiger partial charge in [-0.2, -0.15) is 0 Å². The van der Waals surface area contributed by atoms with Crippen LogP contribution >= 0.6 is 0 Å². The van der Waals surface area contributed by atoms with E-state index in [-0.39, 0.29) is 10.9 Å². The third-order valence-electron chi connectivity index (χ3n) is 5.31. The molecule has 3 rings (SSSR count). The van der Waals surface area contributed by atoms with Gasteiger partial charge in [-0.25, -0.2) is 22.1 Å². The molecule has 2 N–H and O–H groups in total. The van der Waals surface area contributed by atoms with Crippen molar-refractivity contribution in [3.8, 4) is 0 Å². The molecule has 0 spiro atoms. The second-order valence-electron chi connectivity index (χ2n) is 9.10. The van der Waals surface area contributed by atoms with E-state index in [0.717, 1.165) is 16.7 Å². The fourth-order valence-electron chi connectivity index (χ4n) is 3.39. The Kier molecular flexibility index (Phi) is 8.23. The lowest BCUT2D eigenvalue weighted by molar-refractivity contribution is 0.481. The Morgan fingerprint density at radius 2 is 1.27 bits per heavy atom. The molecule has 0 aromatic heterocycles. The van der Waals surface area contributed by atoms with Crippen LogP contribution in [0, 0.1) is 6.92 Å². The molecule has 0 fully saturated rings. The Hall–Kier alpha value is -2.32. The minimum Gasteiger partial charge on any atom is -0.242 e. The Bertz CT molecular complexity index is 1160. The van der Waals surface area contributed by atoms with Gasteiger partial charge in [0, 0.05) is 12.1 Å². The molecular formula is C26H32N2O3S2. The van der Waals surface area contributed by atoms with E-state index in [2.05, 4.69) is 9.44 Å². The second kappa shape index (κ2) is 10.7. The molecule has 0 aliphatic rings. The molecule has 0 bridgehead atoms. The van der Waals surface area contributed by atoms with Crippen molar-refractivity contribution in [1.29, 1.82) is 0 Å². The fourth-order valence-corrected chi connectivity index (χ4v) is 5.47. The molecule has 0 saturated carbocycles. The zero-order valence-electron chi connectivity index (χ0n) is 19.5. The van der Waals surface area contributed by atoms with Crippen LogP contribution in [0.4, 0.5) is 0 Å². The Morgan fingerprint density at radius 1 is 0.788 bits per heavy atom. The molecule has 0 aliphatic carbocycles. The van der Waals surface area contributed by atoms with Gasteiger partial charge in [0.25, 0.3) is 0 Å². The standard InChI is InChI=1S/C26H32N2O3S2/c1-20-15-17-23(18-16-20)33(30,31)28-25(22-13-9-6-10-14-22)19-24(21-11-7-5-8-12-21)27-32(29)26(2,3)4/h5-18,24-25,27-28H,19H2,1-4H3/t24-,25-,32-/m0/s1. The van der Waals surface area contributed by atoms with Crippen LogP contribution in [0.25, 0.3) is 0 Å². The summed E-state index contributed by atoms with van der Waals surface area (Å²) in [7, 11) is -5.09. The van der Waals surface area contributed by atoms with Gasteiger partial charge < -0.3 is 0 Å². The van der Waals surface area contributed by atoms with Crippen LogP contribution in [-0.2, 0) is 21.0 Å². The summed E-state index contributed by atoms with van der Waals surface area (Å²) in [6.45, 7) is 7.65. The molecule has 176 valence electrons. The number of hydrogen-bond acceptors (Lipinski definition) is 3. The van der Waals surface area contributed by atoms with Crippen LogP contribution in [0.2, 0.25) is 0 Å². The van der Waals surface area contributed by atoms with Crippen molar-refractivity contribution in [2.75, 3.05) is 0 Å². The van der Waals surface area contributed by atoms with Crippen LogP contribution < -0.4 is 9.44 Å². The lowest BCUT2D eigenvalue weighted by atomic mass is 9.96. The van der Waals surface area contributed by atoms with E-state index < -0.39 is 31.8 Å². The van der Waals surface area contributed by atoms with Crippen LogP contribution in [0.3, 0.4) is 0 Å². The van der Waals surface area contributed by atoms with Gasteiger partial charge in [-0.15, -0.1) is 0 Å². The van der Waals surface area contributed by atoms with Crippen LogP contribution in [0.15, 0.2) is 89.8 Å². The highest BCUT2D eigenvalue weighted by atomic mass is 32.2. The Morgan fingerprint density at radius 3 is 1.76 bits per heavy atom. The van der Waals surface area contributed by atoms with Crippen molar-refractivity contribution in [2.24, 2.45) is 0 Å². The third-order valence-corrected chi connectivity index (χ3v) is 8.41. The molecule has 0 saturated heterocycles. The number of nitrogens with one attached hydrogen (secondary N) is 2. The maximum Gasteiger partial charge on any atom is 0.241 e. The smallest absolute Gasteiger partial charge is 0.241 e. The van der Waals surface area contributed by atoms with Gasteiger partial charge in [0.15, 0.2) is 0 Å². The number of aryl methyl sites for hydroxylation is 1. The molecule has 33 heavy (non-hydrogen) atoms. The predicted octanol–water partition coefficient (Wildman–Crippen LogP) is 5.20. The van der Waals surface area contributed by atoms with Gasteiger partial charge >= 0.3 is 0 Å². The van der Waals surface area contributed by atoms with Gasteiger partial charge in [-0.3, -0.25) is 0 Å². The summed E-state index contributed by atoms with van der Waals surface area (Å²) < 4.78 is 45.1. The second-order valence-corrected chi connectivity index (χ2v) is 12.8. The topological polar surface area (TPSA) is 75.3 Å². The molecule has 7 heteroatoms. The summed E-state index contributed by atoms with van der Waals surface area (Å²) >= 11 is 0. The number of sulfonamides is 1. The van der Waals surface area contributed by atoms with E-state index in [1.807, 2.05) is 88.4 Å². The maximum atomic E-state index is 13.2. The minimum absolute atomic E-state index is 0.219. The lowest BCUT2D eigenvalue weighted by Crippen LogP contribution is -2.38. The number of rotatable bonds is 9. The average Bonchev–Trinajstić information content (AvgIpc) is 2.78. The quantitative estimate of drug-likeness (QED) is 0.438. The van der Waals surface area contributed by atoms with Gasteiger partial charge in [0.1, 0.15) is 0 Å². The zero-order valence-corrected chi connectivity index (χ0v) is 21.1. The van der Waals surface area contributed by atoms with Crippen molar-refractivity contribution in [2.45, 2.75) is 55.8 Å². The predicted molar refractivity (Wildman–Crippen MR) is 136 cm³/mol. The first kappa shape index (κ1) is 25.3. The summed E-state index contributed by atoms with van der Waals surface area (Å²) in [4.78, 5) is 0.219. The summed E-state index contributed by atoms with van der Waals surface area (Å²) in [5, 5.41) is 0. The Labute approximate surface area is 200 Å². The fraction of sp³-hybridized carbons (Fsp3) is 0.308. The SMILES string of the molecule is Cc1ccc(S(=O)(=O)N[C@@H](C[C@H](N[S@@](=O)C(C)(C)C)c2ccccc2)c2ccccc2)cc1. The van der Waals surface area contributed by atoms with Gasteiger partial charge in [-0.1, -0.05) is 78.4 Å². The molecule has 3 atom stereocenters. The zero-order chi connectivity index (χ0) is 24.1. The normalized spacial score (nSPS) is 15.0. The summed E-state index contributed by atoms with van der Waals surface area (Å²) in [6, 6.07) is 25.2. The number of benzene rings is 3. The first-order valence-electron chi connectivity index (χ1n) is 10.9. The summed E-state index contributed by atoms with van der Waals surface area (Å²) in [5.41, 5.74) is 2.79. The molecule has 0 radical (unpaired) electrons. The number of hydrogen-bond donors (Lipinski definition) is 2. The van der Waals surface area contributed by atoms with E-state index in [1.54, 1.807) is 24.3 Å². The third kappa shape index (κ3) is 7.08. The van der Waals surface area contributed by atoms with Crippen LogP contribution in [-0.4, -0.2) is 17.4 Å². The van der Waals surface area contributed by atoms with Crippen LogP contribution in [0.5, 0.6) is 0 Å². The van der Waals surface area contributed by atoms with Crippen LogP contribution in [0.1, 0.15) is 56.0 Å². The van der Waals surface area contributed by atoms with Gasteiger partial charge in [0.05, 0.1) is 20.6 Å². The first-order valence-corrected chi connectivity index (χ1v) is 13.6. The molecule has 0 aliphatic heterocycles.